The number of alkyl halides is 3. The summed E-state index contributed by atoms with van der Waals surface area (Å²) in [7, 11) is 0. The van der Waals surface area contributed by atoms with Gasteiger partial charge in [-0.05, 0) is 52.9 Å². The van der Waals surface area contributed by atoms with Crippen molar-refractivity contribution in [3.63, 3.8) is 0 Å². The SMILES string of the molecule is CCCCCC1COC(CCc2ccc3c(F)c(-c4ccc5c(F)c(C#CC(F)(F)F)c(F)cc5c4)c(F)cc3c2)OC1. The van der Waals surface area contributed by atoms with Crippen LogP contribution in [0.4, 0.5) is 30.7 Å². The van der Waals surface area contributed by atoms with E-state index in [0.717, 1.165) is 36.5 Å². The first-order valence-corrected chi connectivity index (χ1v) is 14.2. The summed E-state index contributed by atoms with van der Waals surface area (Å²) in [6, 6.07) is 10.5. The number of aryl methyl sites for hydroxylation is 1. The van der Waals surface area contributed by atoms with Crippen molar-refractivity contribution < 1.29 is 40.2 Å². The third kappa shape index (κ3) is 7.14. The molecule has 0 atom stereocenters. The van der Waals surface area contributed by atoms with Crippen LogP contribution in [0.5, 0.6) is 0 Å². The second kappa shape index (κ2) is 12.9. The lowest BCUT2D eigenvalue weighted by Gasteiger charge is -2.29. The van der Waals surface area contributed by atoms with Crippen LogP contribution in [0.1, 0.15) is 50.2 Å². The zero-order chi connectivity index (χ0) is 30.7. The molecule has 4 aromatic carbocycles. The van der Waals surface area contributed by atoms with Crippen molar-refractivity contribution in [1.82, 2.24) is 0 Å². The topological polar surface area (TPSA) is 18.5 Å². The van der Waals surface area contributed by atoms with E-state index in [1.807, 2.05) is 0 Å². The van der Waals surface area contributed by atoms with Crippen LogP contribution < -0.4 is 0 Å². The van der Waals surface area contributed by atoms with E-state index in [1.54, 1.807) is 18.2 Å². The molecule has 226 valence electrons. The lowest BCUT2D eigenvalue weighted by molar-refractivity contribution is -0.203. The predicted molar refractivity (Wildman–Crippen MR) is 151 cm³/mol. The van der Waals surface area contributed by atoms with Gasteiger partial charge in [-0.25, -0.2) is 17.6 Å². The number of fused-ring (bicyclic) bond motifs is 2. The van der Waals surface area contributed by atoms with Crippen LogP contribution in [0.2, 0.25) is 0 Å². The fourth-order valence-electron chi connectivity index (χ4n) is 5.42. The molecule has 0 bridgehead atoms. The molecule has 9 heteroatoms. The maximum absolute atomic E-state index is 15.7. The fourth-order valence-corrected chi connectivity index (χ4v) is 5.42. The summed E-state index contributed by atoms with van der Waals surface area (Å²) in [4.78, 5) is 0. The molecule has 0 saturated carbocycles. The smallest absolute Gasteiger partial charge is 0.352 e. The van der Waals surface area contributed by atoms with Gasteiger partial charge in [-0.2, -0.15) is 13.2 Å². The van der Waals surface area contributed by atoms with Gasteiger partial charge in [0, 0.05) is 29.0 Å². The monoisotopic (exact) mass is 602 g/mol. The summed E-state index contributed by atoms with van der Waals surface area (Å²) in [6.07, 6.45) is 0.531. The van der Waals surface area contributed by atoms with E-state index in [0.29, 0.717) is 37.4 Å². The molecule has 0 aromatic heterocycles. The molecule has 0 radical (unpaired) electrons. The van der Waals surface area contributed by atoms with Crippen molar-refractivity contribution in [2.45, 2.75) is 57.9 Å². The molecule has 1 fully saturated rings. The Hall–Kier alpha value is -3.61. The van der Waals surface area contributed by atoms with E-state index in [2.05, 4.69) is 6.92 Å². The van der Waals surface area contributed by atoms with E-state index in [-0.39, 0.29) is 33.6 Å². The highest BCUT2D eigenvalue weighted by Crippen LogP contribution is 2.35. The van der Waals surface area contributed by atoms with Crippen molar-refractivity contribution in [1.29, 1.82) is 0 Å². The van der Waals surface area contributed by atoms with Gasteiger partial charge in [0.15, 0.2) is 6.29 Å². The standard InChI is InChI=1S/C34H29F7O2/c1-2-3-4-5-21-18-42-30(43-19-21)11-7-20-6-9-26-23(14-20)17-29(36)31(33(26)38)22-8-10-25-24(15-22)16-28(35)27(32(25)37)12-13-34(39,40)41/h6,8-10,14-17,21,30H,2-5,7,11,18-19H2,1H3. The Morgan fingerprint density at radius 1 is 0.791 bits per heavy atom. The molecule has 0 amide bonds. The molecule has 1 heterocycles. The average molecular weight is 603 g/mol. The molecular formula is C34H29F7O2. The predicted octanol–water partition coefficient (Wildman–Crippen LogP) is 9.63. The van der Waals surface area contributed by atoms with E-state index < -0.39 is 35.0 Å². The summed E-state index contributed by atoms with van der Waals surface area (Å²) in [5, 5.41) is 0.193. The summed E-state index contributed by atoms with van der Waals surface area (Å²) in [5.74, 6) is -1.59. The molecule has 0 N–H and O–H groups in total. The minimum atomic E-state index is -4.93. The second-order valence-corrected chi connectivity index (χ2v) is 10.8. The minimum Gasteiger partial charge on any atom is -0.352 e. The molecule has 0 aliphatic carbocycles. The molecule has 0 unspecified atom stereocenters. The highest BCUT2D eigenvalue weighted by Gasteiger charge is 2.25. The van der Waals surface area contributed by atoms with Crippen molar-refractivity contribution in [2.75, 3.05) is 13.2 Å². The number of benzene rings is 4. The molecule has 43 heavy (non-hydrogen) atoms. The summed E-state index contributed by atoms with van der Waals surface area (Å²) >= 11 is 0. The van der Waals surface area contributed by atoms with Gasteiger partial charge in [-0.3, -0.25) is 0 Å². The molecule has 1 saturated heterocycles. The first kappa shape index (κ1) is 30.8. The zero-order valence-electron chi connectivity index (χ0n) is 23.4. The number of unbranched alkanes of at least 4 members (excludes halogenated alkanes) is 2. The number of hydrogen-bond acceptors (Lipinski definition) is 2. The number of rotatable bonds is 8. The Bertz CT molecular complexity index is 1690. The van der Waals surface area contributed by atoms with Crippen molar-refractivity contribution >= 4 is 21.5 Å². The molecule has 2 nitrogen and oxygen atoms in total. The van der Waals surface area contributed by atoms with E-state index in [1.165, 1.54) is 37.0 Å². The molecular weight excluding hydrogens is 573 g/mol. The maximum Gasteiger partial charge on any atom is 0.458 e. The Kier molecular flexibility index (Phi) is 9.28. The maximum atomic E-state index is 15.7. The number of halogens is 7. The molecule has 5 rings (SSSR count). The zero-order valence-corrected chi connectivity index (χ0v) is 23.4. The Labute approximate surface area is 244 Å². The average Bonchev–Trinajstić information content (AvgIpc) is 2.96. The van der Waals surface area contributed by atoms with Gasteiger partial charge in [0.05, 0.1) is 24.3 Å². The van der Waals surface area contributed by atoms with E-state index in [9.17, 15) is 22.0 Å². The first-order chi connectivity index (χ1) is 20.5. The summed E-state index contributed by atoms with van der Waals surface area (Å²) < 4.78 is 109. The molecule has 1 aliphatic heterocycles. The third-order valence-corrected chi connectivity index (χ3v) is 7.66. The van der Waals surface area contributed by atoms with Gasteiger partial charge >= 0.3 is 6.18 Å². The highest BCUT2D eigenvalue weighted by molar-refractivity contribution is 5.93. The van der Waals surface area contributed by atoms with Crippen LogP contribution in [0.15, 0.2) is 48.5 Å². The highest BCUT2D eigenvalue weighted by atomic mass is 19.4. The first-order valence-electron chi connectivity index (χ1n) is 14.2. The molecule has 1 aliphatic rings. The van der Waals surface area contributed by atoms with Crippen LogP contribution >= 0.6 is 0 Å². The van der Waals surface area contributed by atoms with Crippen LogP contribution in [0.3, 0.4) is 0 Å². The van der Waals surface area contributed by atoms with E-state index >= 15 is 8.78 Å². The lowest BCUT2D eigenvalue weighted by Crippen LogP contribution is -2.32. The van der Waals surface area contributed by atoms with E-state index in [4.69, 9.17) is 9.47 Å². The normalized spacial score (nSPS) is 17.3. The van der Waals surface area contributed by atoms with Gasteiger partial charge in [0.2, 0.25) is 0 Å². The quantitative estimate of drug-likeness (QED) is 0.114. The van der Waals surface area contributed by atoms with Gasteiger partial charge in [0.1, 0.15) is 23.3 Å². The molecule has 4 aromatic rings. The number of ether oxygens (including phenoxy) is 2. The molecule has 0 spiro atoms. The van der Waals surface area contributed by atoms with Crippen LogP contribution in [0, 0.1) is 41.0 Å². The van der Waals surface area contributed by atoms with Crippen LogP contribution in [0.25, 0.3) is 32.7 Å². The van der Waals surface area contributed by atoms with Gasteiger partial charge in [-0.1, -0.05) is 62.4 Å². The largest absolute Gasteiger partial charge is 0.458 e. The van der Waals surface area contributed by atoms with Crippen molar-refractivity contribution in [3.8, 4) is 23.0 Å². The Morgan fingerprint density at radius 2 is 1.47 bits per heavy atom. The van der Waals surface area contributed by atoms with Crippen molar-refractivity contribution in [2.24, 2.45) is 5.92 Å². The fraction of sp³-hybridized carbons (Fsp3) is 0.353. The van der Waals surface area contributed by atoms with Gasteiger partial charge < -0.3 is 9.47 Å². The number of hydrogen-bond donors (Lipinski definition) is 0. The third-order valence-electron chi connectivity index (χ3n) is 7.66. The Balaban J connectivity index is 1.35. The minimum absolute atomic E-state index is 0.0148. The summed E-state index contributed by atoms with van der Waals surface area (Å²) in [6.45, 7) is 3.48. The van der Waals surface area contributed by atoms with Crippen LogP contribution in [-0.4, -0.2) is 25.7 Å². The summed E-state index contributed by atoms with van der Waals surface area (Å²) in [5.41, 5.74) is -0.551. The second-order valence-electron chi connectivity index (χ2n) is 10.8. The van der Waals surface area contributed by atoms with Gasteiger partial charge in [-0.15, -0.1) is 0 Å². The lowest BCUT2D eigenvalue weighted by atomic mass is 9.95. The van der Waals surface area contributed by atoms with Crippen molar-refractivity contribution in [3.05, 3.63) is 82.9 Å². The van der Waals surface area contributed by atoms with Crippen LogP contribution in [-0.2, 0) is 15.9 Å². The Morgan fingerprint density at radius 3 is 2.19 bits per heavy atom. The van der Waals surface area contributed by atoms with Gasteiger partial charge in [0.25, 0.3) is 0 Å².